The number of carbonyl (C=O) groups excluding carboxylic acids is 1. The number of carbonyl (C=O) groups is 2. The van der Waals surface area contributed by atoms with E-state index in [1.54, 1.807) is 4.90 Å². The van der Waals surface area contributed by atoms with Crippen molar-refractivity contribution in [1.82, 2.24) is 19.6 Å². The molecule has 1 saturated heterocycles. The molecular weight excluding hydrogens is 517 g/mol. The normalized spacial score (nSPS) is 16.0. The zero-order chi connectivity index (χ0) is 27.6. The number of halogens is 3. The number of carboxylic acids is 1. The topological polar surface area (TPSA) is 137 Å². The molecule has 1 amide bonds. The van der Waals surface area contributed by atoms with Crippen molar-refractivity contribution in [2.75, 3.05) is 43.0 Å². The van der Waals surface area contributed by atoms with E-state index in [9.17, 15) is 31.2 Å². The number of anilines is 2. The second-order valence-electron chi connectivity index (χ2n) is 9.26. The lowest BCUT2D eigenvalue weighted by molar-refractivity contribution is -0.137. The number of aliphatic carboxylic acids is 1. The number of rotatable bonds is 8. The van der Waals surface area contributed by atoms with Gasteiger partial charge < -0.3 is 15.3 Å². The molecule has 0 atom stereocenters. The van der Waals surface area contributed by atoms with Crippen LogP contribution in [0.25, 0.3) is 0 Å². The Hall–Kier alpha value is -3.33. The van der Waals surface area contributed by atoms with Crippen LogP contribution in [-0.4, -0.2) is 83.6 Å². The summed E-state index contributed by atoms with van der Waals surface area (Å²) in [5.74, 6) is -1.17. The molecule has 3 rings (SSSR count). The summed E-state index contributed by atoms with van der Waals surface area (Å²) >= 11 is 0. The summed E-state index contributed by atoms with van der Waals surface area (Å²) < 4.78 is 65.5. The SMILES string of the molecule is CN(Cc1ccc(C(F)(F)F)cc1NCC(=O)O)C1(C)CCN(C(=O)n2ccc(NS(C)(=O)=O)n2)CC1. The van der Waals surface area contributed by atoms with Gasteiger partial charge in [-0.05, 0) is 44.5 Å². The van der Waals surface area contributed by atoms with Crippen LogP contribution in [0.4, 0.5) is 29.5 Å². The number of nitrogens with one attached hydrogen (secondary N) is 2. The minimum absolute atomic E-state index is 0.0290. The van der Waals surface area contributed by atoms with Gasteiger partial charge in [-0.2, -0.15) is 17.9 Å². The van der Waals surface area contributed by atoms with Gasteiger partial charge in [-0.3, -0.25) is 14.4 Å². The van der Waals surface area contributed by atoms with Crippen molar-refractivity contribution in [3.63, 3.8) is 0 Å². The maximum Gasteiger partial charge on any atom is 0.416 e. The Kier molecular flexibility index (Phi) is 8.07. The summed E-state index contributed by atoms with van der Waals surface area (Å²) in [6.45, 7) is 2.48. The number of likely N-dealkylation sites (tertiary alicyclic amines) is 1. The Morgan fingerprint density at radius 3 is 2.43 bits per heavy atom. The van der Waals surface area contributed by atoms with E-state index in [1.165, 1.54) is 18.3 Å². The average molecular weight is 547 g/mol. The highest BCUT2D eigenvalue weighted by molar-refractivity contribution is 7.92. The Bertz CT molecular complexity index is 1260. The van der Waals surface area contributed by atoms with E-state index >= 15 is 0 Å². The first kappa shape index (κ1) is 28.2. The van der Waals surface area contributed by atoms with Gasteiger partial charge >= 0.3 is 18.2 Å². The van der Waals surface area contributed by atoms with E-state index in [0.29, 0.717) is 31.5 Å². The lowest BCUT2D eigenvalue weighted by Gasteiger charge is -2.45. The number of carboxylic acid groups (broad SMARTS) is 1. The largest absolute Gasteiger partial charge is 0.480 e. The van der Waals surface area contributed by atoms with Gasteiger partial charge in [-0.25, -0.2) is 13.2 Å². The molecule has 1 aliphatic heterocycles. The van der Waals surface area contributed by atoms with Crippen molar-refractivity contribution in [3.8, 4) is 0 Å². The van der Waals surface area contributed by atoms with E-state index in [4.69, 9.17) is 5.11 Å². The van der Waals surface area contributed by atoms with Crippen LogP contribution in [0.3, 0.4) is 0 Å². The Labute approximate surface area is 212 Å². The highest BCUT2D eigenvalue weighted by Crippen LogP contribution is 2.34. The fourth-order valence-electron chi connectivity index (χ4n) is 4.05. The zero-order valence-corrected chi connectivity index (χ0v) is 21.4. The molecule has 15 heteroatoms. The van der Waals surface area contributed by atoms with Gasteiger partial charge in [0.25, 0.3) is 0 Å². The summed E-state index contributed by atoms with van der Waals surface area (Å²) in [5, 5.41) is 15.5. The van der Waals surface area contributed by atoms with Crippen LogP contribution in [0.5, 0.6) is 0 Å². The number of hydrogen-bond donors (Lipinski definition) is 3. The van der Waals surface area contributed by atoms with E-state index in [2.05, 4.69) is 15.1 Å². The lowest BCUT2D eigenvalue weighted by atomic mass is 9.87. The molecule has 11 nitrogen and oxygen atoms in total. The van der Waals surface area contributed by atoms with Crippen molar-refractivity contribution in [1.29, 1.82) is 0 Å². The van der Waals surface area contributed by atoms with Crippen LogP contribution in [0.1, 0.15) is 30.9 Å². The quantitative estimate of drug-likeness (QED) is 0.460. The van der Waals surface area contributed by atoms with Crippen molar-refractivity contribution in [2.24, 2.45) is 0 Å². The molecule has 2 heterocycles. The number of aromatic nitrogens is 2. The summed E-state index contributed by atoms with van der Waals surface area (Å²) in [5.41, 5.74) is -0.661. The molecule has 0 bridgehead atoms. The first-order chi connectivity index (χ1) is 17.1. The van der Waals surface area contributed by atoms with Gasteiger partial charge in [0.15, 0.2) is 5.82 Å². The molecule has 1 aromatic heterocycles. The number of hydrogen-bond acceptors (Lipinski definition) is 7. The number of benzene rings is 1. The van der Waals surface area contributed by atoms with Crippen LogP contribution in [-0.2, 0) is 27.5 Å². The van der Waals surface area contributed by atoms with E-state index in [0.717, 1.165) is 23.1 Å². The van der Waals surface area contributed by atoms with E-state index in [-0.39, 0.29) is 18.1 Å². The molecule has 3 N–H and O–H groups in total. The van der Waals surface area contributed by atoms with Gasteiger partial charge in [-0.15, -0.1) is 5.10 Å². The molecule has 1 aliphatic rings. The van der Waals surface area contributed by atoms with Gasteiger partial charge in [0, 0.05) is 43.1 Å². The maximum atomic E-state index is 13.2. The molecule has 0 saturated carbocycles. The summed E-state index contributed by atoms with van der Waals surface area (Å²) in [4.78, 5) is 27.4. The smallest absolute Gasteiger partial charge is 0.416 e. The third kappa shape index (κ3) is 7.35. The molecule has 0 unspecified atom stereocenters. The number of nitrogens with zero attached hydrogens (tertiary/aromatic N) is 4. The average Bonchev–Trinajstić information content (AvgIpc) is 3.24. The van der Waals surface area contributed by atoms with Crippen molar-refractivity contribution in [2.45, 2.75) is 38.0 Å². The number of sulfonamides is 1. The fraction of sp³-hybridized carbons (Fsp3) is 0.500. The second-order valence-corrected chi connectivity index (χ2v) is 11.0. The summed E-state index contributed by atoms with van der Waals surface area (Å²) in [6, 6.07) is 4.18. The molecule has 37 heavy (non-hydrogen) atoms. The highest BCUT2D eigenvalue weighted by atomic mass is 32.2. The third-order valence-electron chi connectivity index (χ3n) is 6.38. The van der Waals surface area contributed by atoms with Crippen molar-refractivity contribution in [3.05, 3.63) is 41.6 Å². The Balaban J connectivity index is 1.67. The third-order valence-corrected chi connectivity index (χ3v) is 6.96. The standard InChI is InChI=1S/C22H29F3N6O5S/c1-21(7-10-30(11-8-21)20(34)31-9-6-18(27-31)28-37(3,35)36)29(2)14-15-4-5-16(22(23,24)25)12-17(15)26-13-19(32)33/h4-6,9,12,26H,7-8,10-11,13-14H2,1-3H3,(H,27,28)(H,32,33). The predicted molar refractivity (Wildman–Crippen MR) is 130 cm³/mol. The number of alkyl halides is 3. The van der Waals surface area contributed by atoms with E-state index < -0.39 is 45.8 Å². The molecule has 0 aliphatic carbocycles. The zero-order valence-electron chi connectivity index (χ0n) is 20.5. The van der Waals surface area contributed by atoms with Crippen LogP contribution >= 0.6 is 0 Å². The molecular formula is C22H29F3N6O5S. The lowest BCUT2D eigenvalue weighted by Crippen LogP contribution is -2.53. The number of amides is 1. The fourth-order valence-corrected chi connectivity index (χ4v) is 4.54. The van der Waals surface area contributed by atoms with Gasteiger partial charge in [-0.1, -0.05) is 6.07 Å². The van der Waals surface area contributed by atoms with Crippen LogP contribution < -0.4 is 10.0 Å². The Morgan fingerprint density at radius 2 is 1.86 bits per heavy atom. The molecule has 204 valence electrons. The molecule has 0 spiro atoms. The highest BCUT2D eigenvalue weighted by Gasteiger charge is 2.36. The predicted octanol–water partition coefficient (Wildman–Crippen LogP) is 2.72. The summed E-state index contributed by atoms with van der Waals surface area (Å²) in [7, 11) is -1.71. The van der Waals surface area contributed by atoms with Crippen molar-refractivity contribution >= 4 is 33.5 Å². The van der Waals surface area contributed by atoms with Crippen LogP contribution in [0.15, 0.2) is 30.5 Å². The molecule has 0 radical (unpaired) electrons. The van der Waals surface area contributed by atoms with Gasteiger partial charge in [0.05, 0.1) is 11.8 Å². The maximum absolute atomic E-state index is 13.2. The minimum atomic E-state index is -4.56. The number of piperidine rings is 1. The minimum Gasteiger partial charge on any atom is -0.480 e. The van der Waals surface area contributed by atoms with E-state index in [1.807, 2.05) is 18.9 Å². The molecule has 1 fully saturated rings. The molecule has 1 aromatic carbocycles. The summed E-state index contributed by atoms with van der Waals surface area (Å²) in [6.07, 6.45) is -1.10. The molecule has 2 aromatic rings. The monoisotopic (exact) mass is 546 g/mol. The van der Waals surface area contributed by atoms with Crippen LogP contribution in [0.2, 0.25) is 0 Å². The van der Waals surface area contributed by atoms with Crippen molar-refractivity contribution < 1.29 is 36.3 Å². The first-order valence-corrected chi connectivity index (χ1v) is 13.2. The Morgan fingerprint density at radius 1 is 1.22 bits per heavy atom. The van der Waals surface area contributed by atoms with Crippen LogP contribution in [0, 0.1) is 0 Å². The second kappa shape index (κ2) is 10.6. The first-order valence-electron chi connectivity index (χ1n) is 11.3. The van der Waals surface area contributed by atoms with Gasteiger partial charge in [0.1, 0.15) is 6.54 Å². The van der Waals surface area contributed by atoms with Gasteiger partial charge in [0.2, 0.25) is 10.0 Å².